The number of imidazole rings is 1. The maximum absolute atomic E-state index is 12.7. The molecule has 6 aromatic rings. The Morgan fingerprint density at radius 3 is 2.66 bits per heavy atom. The molecular weight excluding hydrogens is 522 g/mol. The van der Waals surface area contributed by atoms with Crippen LogP contribution >= 0.6 is 0 Å². The highest BCUT2D eigenvalue weighted by Crippen LogP contribution is 2.32. The van der Waals surface area contributed by atoms with Crippen LogP contribution in [0.2, 0.25) is 0 Å². The van der Waals surface area contributed by atoms with Gasteiger partial charge in [-0.1, -0.05) is 19.9 Å². The van der Waals surface area contributed by atoms with E-state index in [9.17, 15) is 9.59 Å². The van der Waals surface area contributed by atoms with Gasteiger partial charge in [-0.2, -0.15) is 5.10 Å². The molecule has 0 unspecified atom stereocenters. The molecule has 0 fully saturated rings. The van der Waals surface area contributed by atoms with Crippen LogP contribution in [0.3, 0.4) is 0 Å². The fraction of sp³-hybridized carbons (Fsp3) is 0.138. The van der Waals surface area contributed by atoms with Crippen molar-refractivity contribution >= 4 is 45.1 Å². The van der Waals surface area contributed by atoms with Crippen molar-refractivity contribution in [3.8, 4) is 23.0 Å². The fourth-order valence-corrected chi connectivity index (χ4v) is 4.32. The Morgan fingerprint density at radius 2 is 1.83 bits per heavy atom. The minimum Gasteiger partial charge on any atom is -0.456 e. The van der Waals surface area contributed by atoms with Crippen molar-refractivity contribution in [2.75, 3.05) is 10.6 Å². The molecule has 2 amide bonds. The first-order chi connectivity index (χ1) is 19.9. The lowest BCUT2D eigenvalue weighted by molar-refractivity contribution is -0.116. The van der Waals surface area contributed by atoms with Gasteiger partial charge in [-0.05, 0) is 36.2 Å². The summed E-state index contributed by atoms with van der Waals surface area (Å²) in [5.41, 5.74) is 3.79. The summed E-state index contributed by atoms with van der Waals surface area (Å²) >= 11 is 0. The third-order valence-corrected chi connectivity index (χ3v) is 6.12. The minimum atomic E-state index is -0.366. The summed E-state index contributed by atoms with van der Waals surface area (Å²) in [5, 5.41) is 13.9. The van der Waals surface area contributed by atoms with E-state index in [1.54, 1.807) is 49.1 Å². The smallest absolute Gasteiger partial charge is 0.274 e. The first-order valence-electron chi connectivity index (χ1n) is 12.9. The van der Waals surface area contributed by atoms with Crippen LogP contribution in [0.1, 0.15) is 30.8 Å². The molecule has 0 aliphatic rings. The summed E-state index contributed by atoms with van der Waals surface area (Å²) in [4.78, 5) is 45.3. The second kappa shape index (κ2) is 10.8. The Hall–Kier alpha value is -5.65. The van der Waals surface area contributed by atoms with E-state index < -0.39 is 0 Å². The quantitative estimate of drug-likeness (QED) is 0.199. The lowest BCUT2D eigenvalue weighted by Crippen LogP contribution is -2.13. The Labute approximate surface area is 233 Å². The molecule has 0 radical (unpaired) electrons. The first-order valence-corrected chi connectivity index (χ1v) is 12.9. The van der Waals surface area contributed by atoms with E-state index in [0.717, 1.165) is 10.9 Å². The van der Waals surface area contributed by atoms with Crippen LogP contribution in [0.5, 0.6) is 11.5 Å². The van der Waals surface area contributed by atoms with Gasteiger partial charge in [-0.3, -0.25) is 29.6 Å². The van der Waals surface area contributed by atoms with E-state index in [-0.39, 0.29) is 23.4 Å². The Balaban J connectivity index is 1.26. The summed E-state index contributed by atoms with van der Waals surface area (Å²) < 4.78 is 6.06. The van der Waals surface area contributed by atoms with Crippen molar-refractivity contribution < 1.29 is 14.3 Å². The molecule has 5 heterocycles. The molecule has 0 bridgehead atoms. The summed E-state index contributed by atoms with van der Waals surface area (Å²) in [6, 6.07) is 12.3. The number of aromatic amines is 2. The predicted octanol–water partition coefficient (Wildman–Crippen LogP) is 5.32. The fourth-order valence-electron chi connectivity index (χ4n) is 4.32. The van der Waals surface area contributed by atoms with Gasteiger partial charge in [0.2, 0.25) is 5.91 Å². The van der Waals surface area contributed by atoms with Crippen LogP contribution in [-0.2, 0) is 4.79 Å². The lowest BCUT2D eigenvalue weighted by Gasteiger charge is -2.09. The van der Waals surface area contributed by atoms with Crippen molar-refractivity contribution in [3.05, 3.63) is 79.1 Å². The van der Waals surface area contributed by atoms with Gasteiger partial charge in [0.25, 0.3) is 5.91 Å². The topological polar surface area (TPSA) is 163 Å². The van der Waals surface area contributed by atoms with E-state index >= 15 is 0 Å². The highest BCUT2D eigenvalue weighted by atomic mass is 16.5. The van der Waals surface area contributed by atoms with Gasteiger partial charge < -0.3 is 20.4 Å². The van der Waals surface area contributed by atoms with Gasteiger partial charge in [0.15, 0.2) is 5.82 Å². The van der Waals surface area contributed by atoms with Gasteiger partial charge >= 0.3 is 0 Å². The average molecular weight is 548 g/mol. The number of carbonyl (C=O) groups excluding carboxylic acids is 2. The number of hydrogen-bond acceptors (Lipinski definition) is 8. The van der Waals surface area contributed by atoms with Crippen LogP contribution < -0.4 is 15.4 Å². The molecule has 4 N–H and O–H groups in total. The number of hydrogen-bond donors (Lipinski definition) is 4. The third kappa shape index (κ3) is 5.57. The number of benzene rings is 1. The van der Waals surface area contributed by atoms with Crippen molar-refractivity contribution in [3.63, 3.8) is 0 Å². The minimum absolute atomic E-state index is 0.0797. The van der Waals surface area contributed by atoms with Gasteiger partial charge in [0.1, 0.15) is 28.4 Å². The number of rotatable bonds is 8. The monoisotopic (exact) mass is 547 g/mol. The number of ether oxygens (including phenoxy) is 1. The molecule has 0 aliphatic carbocycles. The maximum Gasteiger partial charge on any atom is 0.274 e. The van der Waals surface area contributed by atoms with Crippen molar-refractivity contribution in [1.82, 2.24) is 35.1 Å². The molecule has 1 aromatic carbocycles. The predicted molar refractivity (Wildman–Crippen MR) is 154 cm³/mol. The summed E-state index contributed by atoms with van der Waals surface area (Å²) in [7, 11) is 0. The summed E-state index contributed by atoms with van der Waals surface area (Å²) in [5.74, 6) is 1.31. The Bertz CT molecular complexity index is 1880. The molecule has 0 spiro atoms. The summed E-state index contributed by atoms with van der Waals surface area (Å²) in [6.45, 7) is 3.97. The number of H-pyrrole nitrogens is 2. The molecule has 0 atom stereocenters. The molecule has 12 nitrogen and oxygen atoms in total. The normalized spacial score (nSPS) is 11.2. The van der Waals surface area contributed by atoms with Crippen LogP contribution in [0.15, 0.2) is 73.4 Å². The SMILES string of the molecule is CC(C)CC(=O)Nc1cncc(Oc2ccc3[nH]nc(-c4nc5c(NC(=O)c6ccccn6)cncc5[nH]4)c3c2)c1. The van der Waals surface area contributed by atoms with Gasteiger partial charge in [0, 0.05) is 24.1 Å². The van der Waals surface area contributed by atoms with Gasteiger partial charge in [-0.15, -0.1) is 0 Å². The van der Waals surface area contributed by atoms with E-state index in [4.69, 9.17) is 9.72 Å². The molecule has 41 heavy (non-hydrogen) atoms. The molecule has 0 aliphatic heterocycles. The number of nitrogens with zero attached hydrogens (tertiary/aromatic N) is 5. The average Bonchev–Trinajstić information content (AvgIpc) is 3.58. The van der Waals surface area contributed by atoms with Crippen LogP contribution in [0, 0.1) is 5.92 Å². The van der Waals surface area contributed by atoms with E-state index in [2.05, 4.69) is 40.8 Å². The molecule has 0 saturated heterocycles. The lowest BCUT2D eigenvalue weighted by atomic mass is 10.1. The molecule has 204 valence electrons. The Morgan fingerprint density at radius 1 is 0.951 bits per heavy atom. The standard InChI is InChI=1S/C29H25N9O3/c1-16(2)9-25(39)33-17-10-19(13-30-12-17)41-18-6-7-21-20(11-18)26(38-37-21)28-34-23-14-31-15-24(27(23)36-28)35-29(40)22-5-3-4-8-32-22/h3-8,10-16H,9H2,1-2H3,(H,33,39)(H,34,36)(H,35,40)(H,37,38). The zero-order valence-electron chi connectivity index (χ0n) is 22.2. The van der Waals surface area contributed by atoms with E-state index in [0.29, 0.717) is 51.8 Å². The van der Waals surface area contributed by atoms with E-state index in [1.807, 2.05) is 32.0 Å². The molecule has 5 aromatic heterocycles. The highest BCUT2D eigenvalue weighted by Gasteiger charge is 2.17. The van der Waals surface area contributed by atoms with Gasteiger partial charge in [-0.25, -0.2) is 4.98 Å². The molecular formula is C29H25N9O3. The number of carbonyl (C=O) groups is 2. The largest absolute Gasteiger partial charge is 0.456 e. The van der Waals surface area contributed by atoms with Crippen LogP contribution in [0.4, 0.5) is 11.4 Å². The van der Waals surface area contributed by atoms with Crippen molar-refractivity contribution in [2.24, 2.45) is 5.92 Å². The number of nitrogens with one attached hydrogen (secondary N) is 4. The second-order valence-electron chi connectivity index (χ2n) is 9.77. The molecule has 0 saturated carbocycles. The Kier molecular flexibility index (Phi) is 6.78. The number of fused-ring (bicyclic) bond motifs is 2. The van der Waals surface area contributed by atoms with Gasteiger partial charge in [0.05, 0.1) is 47.2 Å². The molecule has 6 rings (SSSR count). The number of anilines is 2. The zero-order valence-corrected chi connectivity index (χ0v) is 22.2. The number of pyridine rings is 3. The van der Waals surface area contributed by atoms with Crippen molar-refractivity contribution in [1.29, 1.82) is 0 Å². The third-order valence-electron chi connectivity index (χ3n) is 6.12. The first kappa shape index (κ1) is 25.6. The zero-order chi connectivity index (χ0) is 28.3. The highest BCUT2D eigenvalue weighted by molar-refractivity contribution is 6.07. The summed E-state index contributed by atoms with van der Waals surface area (Å²) in [6.07, 6.45) is 8.29. The maximum atomic E-state index is 12.7. The van der Waals surface area contributed by atoms with Crippen LogP contribution in [-0.4, -0.2) is 46.9 Å². The van der Waals surface area contributed by atoms with Crippen molar-refractivity contribution in [2.45, 2.75) is 20.3 Å². The van der Waals surface area contributed by atoms with E-state index in [1.165, 1.54) is 6.20 Å². The second-order valence-corrected chi connectivity index (χ2v) is 9.77. The van der Waals surface area contributed by atoms with Crippen LogP contribution in [0.25, 0.3) is 33.5 Å². The number of amides is 2. The molecule has 12 heteroatoms. The number of aromatic nitrogens is 7.